The molecule has 1 fully saturated rings. The lowest BCUT2D eigenvalue weighted by Crippen LogP contribution is -2.35. The molecule has 1 aromatic carbocycles. The van der Waals surface area contributed by atoms with Gasteiger partial charge in [-0.25, -0.2) is 0 Å². The van der Waals surface area contributed by atoms with E-state index < -0.39 is 0 Å². The molecule has 1 N–H and O–H groups in total. The number of hydrogen-bond donors (Lipinski definition) is 1. The molecule has 0 radical (unpaired) electrons. The largest absolute Gasteiger partial charge is 0.352 e. The van der Waals surface area contributed by atoms with E-state index in [1.807, 2.05) is 30.3 Å². The topological polar surface area (TPSA) is 32.3 Å². The summed E-state index contributed by atoms with van der Waals surface area (Å²) >= 11 is 0. The van der Waals surface area contributed by atoms with Crippen LogP contribution in [-0.2, 0) is 0 Å². The number of benzene rings is 1. The molecule has 1 heterocycles. The molecule has 0 bridgehead atoms. The van der Waals surface area contributed by atoms with Gasteiger partial charge in [-0.15, -0.1) is 0 Å². The van der Waals surface area contributed by atoms with E-state index in [0.29, 0.717) is 0 Å². The summed E-state index contributed by atoms with van der Waals surface area (Å²) in [5.41, 5.74) is 0.745. The van der Waals surface area contributed by atoms with Gasteiger partial charge < -0.3 is 10.2 Å². The minimum Gasteiger partial charge on any atom is -0.352 e. The molecule has 19 heavy (non-hydrogen) atoms. The van der Waals surface area contributed by atoms with Gasteiger partial charge in [0.25, 0.3) is 5.91 Å². The summed E-state index contributed by atoms with van der Waals surface area (Å²) in [7, 11) is 0. The zero-order chi connectivity index (χ0) is 13.5. The number of carbonyl (C=O) groups is 1. The second-order valence-corrected chi connectivity index (χ2v) is 5.50. The highest BCUT2D eigenvalue weighted by molar-refractivity contribution is 5.94. The standard InChI is InChI=1S/C16H24N2O/c1-14-8-12-18(13-9-14)11-5-10-17-16(19)15-6-3-2-4-7-15/h2-4,6-7,14H,5,8-13H2,1H3,(H,17,19). The summed E-state index contributed by atoms with van der Waals surface area (Å²) in [6, 6.07) is 9.41. The van der Waals surface area contributed by atoms with Crippen molar-refractivity contribution in [2.75, 3.05) is 26.2 Å². The van der Waals surface area contributed by atoms with Crippen LogP contribution in [0.5, 0.6) is 0 Å². The van der Waals surface area contributed by atoms with Crippen molar-refractivity contribution >= 4 is 5.91 Å². The lowest BCUT2D eigenvalue weighted by molar-refractivity contribution is 0.0950. The minimum absolute atomic E-state index is 0.0351. The normalized spacial score (nSPS) is 17.3. The predicted molar refractivity (Wildman–Crippen MR) is 78.2 cm³/mol. The second-order valence-electron chi connectivity index (χ2n) is 5.50. The molecule has 1 aromatic rings. The minimum atomic E-state index is 0.0351. The van der Waals surface area contributed by atoms with Gasteiger partial charge in [0.05, 0.1) is 0 Å². The third-order valence-corrected chi connectivity index (χ3v) is 3.85. The Bertz CT molecular complexity index is 383. The molecule has 2 rings (SSSR count). The Hall–Kier alpha value is -1.35. The van der Waals surface area contributed by atoms with E-state index in [0.717, 1.165) is 31.0 Å². The van der Waals surface area contributed by atoms with E-state index in [4.69, 9.17) is 0 Å². The van der Waals surface area contributed by atoms with Gasteiger partial charge in [-0.3, -0.25) is 4.79 Å². The summed E-state index contributed by atoms with van der Waals surface area (Å²) in [6.07, 6.45) is 3.67. The first kappa shape index (κ1) is 14.1. The Labute approximate surface area is 116 Å². The van der Waals surface area contributed by atoms with Crippen molar-refractivity contribution in [1.29, 1.82) is 0 Å². The maximum atomic E-state index is 11.8. The van der Waals surface area contributed by atoms with Crippen LogP contribution in [0.4, 0.5) is 0 Å². The molecule has 3 heteroatoms. The van der Waals surface area contributed by atoms with Gasteiger partial charge >= 0.3 is 0 Å². The van der Waals surface area contributed by atoms with E-state index in [1.54, 1.807) is 0 Å². The molecule has 1 amide bonds. The summed E-state index contributed by atoms with van der Waals surface area (Å²) < 4.78 is 0. The van der Waals surface area contributed by atoms with Crippen molar-refractivity contribution in [1.82, 2.24) is 10.2 Å². The van der Waals surface area contributed by atoms with Gasteiger partial charge in [-0.2, -0.15) is 0 Å². The fourth-order valence-electron chi connectivity index (χ4n) is 2.48. The first-order valence-corrected chi connectivity index (χ1v) is 7.31. The number of amides is 1. The van der Waals surface area contributed by atoms with Crippen LogP contribution >= 0.6 is 0 Å². The van der Waals surface area contributed by atoms with Crippen LogP contribution in [0.2, 0.25) is 0 Å². The van der Waals surface area contributed by atoms with E-state index in [2.05, 4.69) is 17.1 Å². The quantitative estimate of drug-likeness (QED) is 0.825. The van der Waals surface area contributed by atoms with Gasteiger partial charge in [0.2, 0.25) is 0 Å². The summed E-state index contributed by atoms with van der Waals surface area (Å²) in [5, 5.41) is 2.98. The van der Waals surface area contributed by atoms with Crippen LogP contribution in [0, 0.1) is 5.92 Å². The third kappa shape index (κ3) is 4.67. The number of likely N-dealkylation sites (tertiary alicyclic amines) is 1. The summed E-state index contributed by atoms with van der Waals surface area (Å²) in [4.78, 5) is 14.3. The lowest BCUT2D eigenvalue weighted by atomic mass is 9.99. The zero-order valence-electron chi connectivity index (χ0n) is 11.8. The first-order chi connectivity index (χ1) is 9.25. The maximum absolute atomic E-state index is 11.8. The van der Waals surface area contributed by atoms with Crippen molar-refractivity contribution in [3.8, 4) is 0 Å². The molecule has 0 spiro atoms. The average molecular weight is 260 g/mol. The molecule has 0 aliphatic carbocycles. The lowest BCUT2D eigenvalue weighted by Gasteiger charge is -2.30. The van der Waals surface area contributed by atoms with Crippen molar-refractivity contribution in [2.45, 2.75) is 26.2 Å². The zero-order valence-corrected chi connectivity index (χ0v) is 11.8. The smallest absolute Gasteiger partial charge is 0.251 e. The first-order valence-electron chi connectivity index (χ1n) is 7.31. The SMILES string of the molecule is CC1CCN(CCCNC(=O)c2ccccc2)CC1. The van der Waals surface area contributed by atoms with Crippen molar-refractivity contribution in [3.05, 3.63) is 35.9 Å². The average Bonchev–Trinajstić information content (AvgIpc) is 2.46. The molecule has 104 valence electrons. The van der Waals surface area contributed by atoms with Crippen LogP contribution in [0.3, 0.4) is 0 Å². The van der Waals surface area contributed by atoms with Gasteiger partial charge in [0.1, 0.15) is 0 Å². The van der Waals surface area contributed by atoms with Gasteiger partial charge in [0, 0.05) is 12.1 Å². The molecule has 0 atom stereocenters. The van der Waals surface area contributed by atoms with Crippen molar-refractivity contribution in [2.24, 2.45) is 5.92 Å². The van der Waals surface area contributed by atoms with Crippen LogP contribution in [0.1, 0.15) is 36.5 Å². The fraction of sp³-hybridized carbons (Fsp3) is 0.562. The van der Waals surface area contributed by atoms with Gasteiger partial charge in [-0.05, 0) is 56.9 Å². The summed E-state index contributed by atoms with van der Waals surface area (Å²) in [6.45, 7) is 6.63. The van der Waals surface area contributed by atoms with Crippen LogP contribution < -0.4 is 5.32 Å². The maximum Gasteiger partial charge on any atom is 0.251 e. The van der Waals surface area contributed by atoms with E-state index in [9.17, 15) is 4.79 Å². The molecule has 1 aliphatic rings. The fourth-order valence-corrected chi connectivity index (χ4v) is 2.48. The third-order valence-electron chi connectivity index (χ3n) is 3.85. The Morgan fingerprint density at radius 3 is 2.63 bits per heavy atom. The molecule has 0 unspecified atom stereocenters. The summed E-state index contributed by atoms with van der Waals surface area (Å²) in [5.74, 6) is 0.918. The highest BCUT2D eigenvalue weighted by Crippen LogP contribution is 2.15. The molecule has 0 aromatic heterocycles. The number of nitrogens with zero attached hydrogens (tertiary/aromatic N) is 1. The van der Waals surface area contributed by atoms with E-state index in [1.165, 1.54) is 25.9 Å². The monoisotopic (exact) mass is 260 g/mol. The van der Waals surface area contributed by atoms with E-state index in [-0.39, 0.29) is 5.91 Å². The Kier molecular flexibility index (Phi) is 5.40. The molecule has 0 saturated carbocycles. The van der Waals surface area contributed by atoms with Gasteiger partial charge in [-0.1, -0.05) is 25.1 Å². The van der Waals surface area contributed by atoms with Gasteiger partial charge in [0.15, 0.2) is 0 Å². The highest BCUT2D eigenvalue weighted by atomic mass is 16.1. The highest BCUT2D eigenvalue weighted by Gasteiger charge is 2.14. The second kappa shape index (κ2) is 7.29. The van der Waals surface area contributed by atoms with Crippen LogP contribution in [-0.4, -0.2) is 37.0 Å². The van der Waals surface area contributed by atoms with Crippen molar-refractivity contribution < 1.29 is 4.79 Å². The molecule has 1 aliphatic heterocycles. The number of hydrogen-bond acceptors (Lipinski definition) is 2. The van der Waals surface area contributed by atoms with E-state index >= 15 is 0 Å². The van der Waals surface area contributed by atoms with Crippen LogP contribution in [0.15, 0.2) is 30.3 Å². The Morgan fingerprint density at radius 2 is 1.95 bits per heavy atom. The van der Waals surface area contributed by atoms with Crippen molar-refractivity contribution in [3.63, 3.8) is 0 Å². The Balaban J connectivity index is 1.61. The molecular weight excluding hydrogens is 236 g/mol. The van der Waals surface area contributed by atoms with Crippen LogP contribution in [0.25, 0.3) is 0 Å². The predicted octanol–water partition coefficient (Wildman–Crippen LogP) is 2.54. The number of nitrogens with one attached hydrogen (secondary N) is 1. The Morgan fingerprint density at radius 1 is 1.26 bits per heavy atom. The number of piperidine rings is 1. The molecular formula is C16H24N2O. The molecule has 3 nitrogen and oxygen atoms in total. The number of carbonyl (C=O) groups excluding carboxylic acids is 1. The molecule has 1 saturated heterocycles. The number of rotatable bonds is 5.